The number of hydrogen-bond donors (Lipinski definition) is 1. The Balaban J connectivity index is 2.53. The highest BCUT2D eigenvalue weighted by Gasteiger charge is 2.08. The van der Waals surface area contributed by atoms with Crippen LogP contribution in [0.2, 0.25) is 0 Å². The average Bonchev–Trinajstić information content (AvgIpc) is 2.19. The predicted molar refractivity (Wildman–Crippen MR) is 50.8 cm³/mol. The van der Waals surface area contributed by atoms with E-state index in [1.165, 1.54) is 6.20 Å². The van der Waals surface area contributed by atoms with Crippen molar-refractivity contribution in [2.75, 3.05) is 0 Å². The SMILES string of the molecule is O=C(O)Cc1cnc2cc(F)c(F)cc2n1. The number of fused-ring (bicyclic) bond motifs is 1. The lowest BCUT2D eigenvalue weighted by molar-refractivity contribution is -0.136. The number of benzene rings is 1. The molecule has 1 N–H and O–H groups in total. The molecule has 1 heterocycles. The average molecular weight is 224 g/mol. The van der Waals surface area contributed by atoms with Crippen molar-refractivity contribution in [2.24, 2.45) is 0 Å². The molecule has 0 unspecified atom stereocenters. The van der Waals surface area contributed by atoms with Crippen LogP contribution in [0.3, 0.4) is 0 Å². The third kappa shape index (κ3) is 1.95. The molecule has 6 heteroatoms. The van der Waals surface area contributed by atoms with Crippen molar-refractivity contribution in [1.29, 1.82) is 0 Å². The number of halogens is 2. The fourth-order valence-corrected chi connectivity index (χ4v) is 1.29. The Morgan fingerprint density at radius 2 is 1.88 bits per heavy atom. The molecule has 16 heavy (non-hydrogen) atoms. The maximum absolute atomic E-state index is 12.9. The molecule has 0 aliphatic rings. The standard InChI is InChI=1S/C10H6F2N2O2/c11-6-2-8-9(3-7(6)12)14-5(4-13-8)1-10(15)16/h2-4H,1H2,(H,15,16). The van der Waals surface area contributed by atoms with Crippen molar-refractivity contribution in [3.8, 4) is 0 Å². The molecule has 1 aromatic carbocycles. The lowest BCUT2D eigenvalue weighted by atomic mass is 10.2. The van der Waals surface area contributed by atoms with Gasteiger partial charge >= 0.3 is 5.97 Å². The molecule has 0 amide bonds. The molecular formula is C10H6F2N2O2. The fraction of sp³-hybridized carbons (Fsp3) is 0.100. The van der Waals surface area contributed by atoms with Crippen LogP contribution < -0.4 is 0 Å². The Hall–Kier alpha value is -2.11. The first kappa shape index (κ1) is 10.4. The second-order valence-electron chi connectivity index (χ2n) is 3.19. The molecule has 0 aliphatic heterocycles. The van der Waals surface area contributed by atoms with Gasteiger partial charge in [0.05, 0.1) is 23.1 Å². The largest absolute Gasteiger partial charge is 0.481 e. The van der Waals surface area contributed by atoms with E-state index in [0.29, 0.717) is 0 Å². The van der Waals surface area contributed by atoms with E-state index < -0.39 is 17.6 Å². The van der Waals surface area contributed by atoms with Gasteiger partial charge in [-0.1, -0.05) is 0 Å². The fourth-order valence-electron chi connectivity index (χ4n) is 1.29. The molecular weight excluding hydrogens is 218 g/mol. The first-order chi connectivity index (χ1) is 7.56. The summed E-state index contributed by atoms with van der Waals surface area (Å²) in [4.78, 5) is 18.1. The molecule has 0 radical (unpaired) electrons. The van der Waals surface area contributed by atoms with Gasteiger partial charge in [0.25, 0.3) is 0 Å². The summed E-state index contributed by atoms with van der Waals surface area (Å²) in [5.41, 5.74) is 0.525. The van der Waals surface area contributed by atoms with Gasteiger partial charge in [-0.2, -0.15) is 0 Å². The minimum Gasteiger partial charge on any atom is -0.481 e. The number of aliphatic carboxylic acids is 1. The maximum Gasteiger partial charge on any atom is 0.309 e. The third-order valence-corrected chi connectivity index (χ3v) is 1.97. The second-order valence-corrected chi connectivity index (χ2v) is 3.19. The molecule has 0 fully saturated rings. The lowest BCUT2D eigenvalue weighted by Crippen LogP contribution is -2.03. The second kappa shape index (κ2) is 3.80. The van der Waals surface area contributed by atoms with Crippen molar-refractivity contribution in [3.63, 3.8) is 0 Å². The van der Waals surface area contributed by atoms with Crippen molar-refractivity contribution in [3.05, 3.63) is 35.7 Å². The number of aromatic nitrogens is 2. The Labute approximate surface area is 88.6 Å². The molecule has 2 aromatic rings. The normalized spacial score (nSPS) is 10.6. The van der Waals surface area contributed by atoms with Crippen LogP contribution in [0, 0.1) is 11.6 Å². The summed E-state index contributed by atoms with van der Waals surface area (Å²) in [6.45, 7) is 0. The molecule has 1 aromatic heterocycles. The Kier molecular flexibility index (Phi) is 2.47. The maximum atomic E-state index is 12.9. The minimum atomic E-state index is -1.06. The quantitative estimate of drug-likeness (QED) is 0.840. The summed E-state index contributed by atoms with van der Waals surface area (Å²) < 4.78 is 25.7. The van der Waals surface area contributed by atoms with E-state index in [9.17, 15) is 13.6 Å². The zero-order chi connectivity index (χ0) is 11.7. The van der Waals surface area contributed by atoms with Gasteiger partial charge < -0.3 is 5.11 Å². The summed E-state index contributed by atoms with van der Waals surface area (Å²) >= 11 is 0. The highest BCUT2D eigenvalue weighted by atomic mass is 19.2. The number of carboxylic acids is 1. The van der Waals surface area contributed by atoms with E-state index in [-0.39, 0.29) is 23.1 Å². The van der Waals surface area contributed by atoms with Gasteiger partial charge in [-0.15, -0.1) is 0 Å². The highest BCUT2D eigenvalue weighted by Crippen LogP contribution is 2.15. The van der Waals surface area contributed by atoms with Crippen molar-refractivity contribution in [1.82, 2.24) is 9.97 Å². The van der Waals surface area contributed by atoms with Gasteiger partial charge in [-0.05, 0) is 0 Å². The first-order valence-corrected chi connectivity index (χ1v) is 4.39. The Morgan fingerprint density at radius 3 is 2.50 bits per heavy atom. The predicted octanol–water partition coefficient (Wildman–Crippen LogP) is 1.54. The van der Waals surface area contributed by atoms with Crippen LogP contribution in [0.25, 0.3) is 11.0 Å². The van der Waals surface area contributed by atoms with Gasteiger partial charge in [0.15, 0.2) is 11.6 Å². The number of carbonyl (C=O) groups is 1. The van der Waals surface area contributed by atoms with Crippen LogP contribution in [-0.4, -0.2) is 21.0 Å². The molecule has 0 saturated carbocycles. The monoisotopic (exact) mass is 224 g/mol. The highest BCUT2D eigenvalue weighted by molar-refractivity contribution is 5.75. The zero-order valence-corrected chi connectivity index (χ0v) is 7.94. The van der Waals surface area contributed by atoms with E-state index in [2.05, 4.69) is 9.97 Å². The van der Waals surface area contributed by atoms with E-state index in [4.69, 9.17) is 5.11 Å². The van der Waals surface area contributed by atoms with Crippen LogP contribution in [0.15, 0.2) is 18.3 Å². The molecule has 4 nitrogen and oxygen atoms in total. The summed E-state index contributed by atoms with van der Waals surface area (Å²) in [7, 11) is 0. The number of nitrogens with zero attached hydrogens (tertiary/aromatic N) is 2. The van der Waals surface area contributed by atoms with Crippen molar-refractivity contribution >= 4 is 17.0 Å². The smallest absolute Gasteiger partial charge is 0.309 e. The van der Waals surface area contributed by atoms with Crippen LogP contribution in [0.4, 0.5) is 8.78 Å². The summed E-state index contributed by atoms with van der Waals surface area (Å²) in [5, 5.41) is 8.54. The Bertz CT molecular complexity index is 572. The number of hydrogen-bond acceptors (Lipinski definition) is 3. The molecule has 0 aliphatic carbocycles. The van der Waals surface area contributed by atoms with Gasteiger partial charge in [0, 0.05) is 18.3 Å². The minimum absolute atomic E-state index is 0.137. The van der Waals surface area contributed by atoms with E-state index in [0.717, 1.165) is 12.1 Å². The molecule has 2 rings (SSSR count). The molecule has 0 saturated heterocycles. The van der Waals surface area contributed by atoms with Crippen LogP contribution in [-0.2, 0) is 11.2 Å². The van der Waals surface area contributed by atoms with Crippen LogP contribution in [0.1, 0.15) is 5.69 Å². The zero-order valence-electron chi connectivity index (χ0n) is 7.94. The summed E-state index contributed by atoms with van der Waals surface area (Å²) in [6.07, 6.45) is 0.926. The first-order valence-electron chi connectivity index (χ1n) is 4.39. The van der Waals surface area contributed by atoms with Gasteiger partial charge in [0.1, 0.15) is 0 Å². The van der Waals surface area contributed by atoms with Crippen LogP contribution >= 0.6 is 0 Å². The number of carboxylic acid groups (broad SMARTS) is 1. The number of rotatable bonds is 2. The van der Waals surface area contributed by atoms with E-state index in [1.807, 2.05) is 0 Å². The molecule has 0 spiro atoms. The third-order valence-electron chi connectivity index (χ3n) is 1.97. The molecule has 0 atom stereocenters. The van der Waals surface area contributed by atoms with Crippen LogP contribution in [0.5, 0.6) is 0 Å². The Morgan fingerprint density at radius 1 is 1.25 bits per heavy atom. The lowest BCUT2D eigenvalue weighted by Gasteiger charge is -2.00. The van der Waals surface area contributed by atoms with E-state index in [1.54, 1.807) is 0 Å². The van der Waals surface area contributed by atoms with Gasteiger partial charge in [-0.25, -0.2) is 13.8 Å². The van der Waals surface area contributed by atoms with E-state index >= 15 is 0 Å². The molecule has 0 bridgehead atoms. The molecule has 82 valence electrons. The summed E-state index contributed by atoms with van der Waals surface area (Å²) in [6, 6.07) is 1.81. The van der Waals surface area contributed by atoms with Crippen molar-refractivity contribution < 1.29 is 18.7 Å². The summed E-state index contributed by atoms with van der Waals surface area (Å²) in [5.74, 6) is -3.10. The van der Waals surface area contributed by atoms with Gasteiger partial charge in [0.2, 0.25) is 0 Å². The van der Waals surface area contributed by atoms with Gasteiger partial charge in [-0.3, -0.25) is 9.78 Å². The topological polar surface area (TPSA) is 63.1 Å². The van der Waals surface area contributed by atoms with Crippen molar-refractivity contribution in [2.45, 2.75) is 6.42 Å².